The van der Waals surface area contributed by atoms with Gasteiger partial charge in [0.05, 0.1) is 12.1 Å². The number of carbonyl (C=O) groups is 1. The molecule has 0 aliphatic heterocycles. The largest absolute Gasteiger partial charge is 0.481 e. The number of carboxylic acid groups (broad SMARTS) is 1. The first kappa shape index (κ1) is 21.0. The number of carboxylic acids is 1. The fourth-order valence-corrected chi connectivity index (χ4v) is 3.60. The maximum absolute atomic E-state index is 11.7. The topological polar surface area (TPSA) is 91.9 Å². The van der Waals surface area contributed by atoms with Crippen molar-refractivity contribution in [3.63, 3.8) is 0 Å². The van der Waals surface area contributed by atoms with Crippen molar-refractivity contribution in [2.24, 2.45) is 12.2 Å². The maximum Gasteiger partial charge on any atom is 0.307 e. The summed E-state index contributed by atoms with van der Waals surface area (Å²) in [5, 5.41) is 22.3. The Labute approximate surface area is 174 Å². The SMILES string of the molecule is Cc1ccccc1C(C/C(=N/O)c1ccc(=O)n(C)c1)c1ccc(CC(=O)O)cc1. The zero-order valence-corrected chi connectivity index (χ0v) is 16.9. The summed E-state index contributed by atoms with van der Waals surface area (Å²) < 4.78 is 1.45. The van der Waals surface area contributed by atoms with Crippen LogP contribution in [0.1, 0.15) is 40.2 Å². The van der Waals surface area contributed by atoms with Crippen molar-refractivity contribution < 1.29 is 15.1 Å². The lowest BCUT2D eigenvalue weighted by Gasteiger charge is -2.21. The zero-order chi connectivity index (χ0) is 21.7. The zero-order valence-electron chi connectivity index (χ0n) is 16.9. The molecule has 0 aliphatic carbocycles. The molecule has 1 unspecified atom stereocenters. The van der Waals surface area contributed by atoms with Crippen molar-refractivity contribution in [3.05, 3.63) is 105 Å². The minimum absolute atomic E-state index is 0.0310. The van der Waals surface area contributed by atoms with Crippen molar-refractivity contribution >= 4 is 11.7 Å². The highest BCUT2D eigenvalue weighted by Gasteiger charge is 2.20. The summed E-state index contributed by atoms with van der Waals surface area (Å²) in [6.45, 7) is 2.03. The van der Waals surface area contributed by atoms with E-state index in [2.05, 4.69) is 5.16 Å². The second-order valence-corrected chi connectivity index (χ2v) is 7.34. The summed E-state index contributed by atoms with van der Waals surface area (Å²) in [5.41, 5.74) is 4.91. The molecule has 2 N–H and O–H groups in total. The van der Waals surface area contributed by atoms with Gasteiger partial charge in [-0.15, -0.1) is 0 Å². The Balaban J connectivity index is 2.01. The van der Waals surface area contributed by atoms with Crippen LogP contribution in [-0.2, 0) is 18.3 Å². The first-order valence-corrected chi connectivity index (χ1v) is 9.63. The van der Waals surface area contributed by atoms with E-state index >= 15 is 0 Å². The molecule has 3 aromatic rings. The Morgan fingerprint density at radius 2 is 1.77 bits per heavy atom. The lowest BCUT2D eigenvalue weighted by Crippen LogP contribution is -2.18. The molecule has 3 rings (SSSR count). The van der Waals surface area contributed by atoms with Gasteiger partial charge in [-0.1, -0.05) is 53.7 Å². The number of rotatable bonds is 7. The summed E-state index contributed by atoms with van der Waals surface area (Å²) in [5.74, 6) is -0.976. The molecule has 0 bridgehead atoms. The van der Waals surface area contributed by atoms with Crippen molar-refractivity contribution in [1.82, 2.24) is 4.57 Å². The van der Waals surface area contributed by atoms with Gasteiger partial charge in [-0.05, 0) is 35.2 Å². The van der Waals surface area contributed by atoms with E-state index in [0.717, 1.165) is 22.3 Å². The van der Waals surface area contributed by atoms with Gasteiger partial charge < -0.3 is 14.9 Å². The van der Waals surface area contributed by atoms with Crippen LogP contribution in [0.15, 0.2) is 76.8 Å². The highest BCUT2D eigenvalue weighted by Crippen LogP contribution is 2.32. The molecule has 1 heterocycles. The quantitative estimate of drug-likeness (QED) is 0.357. The van der Waals surface area contributed by atoms with Crippen LogP contribution in [0.25, 0.3) is 0 Å². The second-order valence-electron chi connectivity index (χ2n) is 7.34. The Hall–Kier alpha value is -3.67. The summed E-state index contributed by atoms with van der Waals surface area (Å²) in [6, 6.07) is 18.6. The molecule has 0 fully saturated rings. The van der Waals surface area contributed by atoms with Crippen LogP contribution in [0, 0.1) is 6.92 Å². The smallest absolute Gasteiger partial charge is 0.307 e. The van der Waals surface area contributed by atoms with Crippen molar-refractivity contribution in [1.29, 1.82) is 0 Å². The van der Waals surface area contributed by atoms with Crippen LogP contribution in [-0.4, -0.2) is 26.6 Å². The van der Waals surface area contributed by atoms with E-state index in [1.165, 1.54) is 10.6 Å². The fourth-order valence-electron chi connectivity index (χ4n) is 3.60. The predicted octanol–water partition coefficient (Wildman–Crippen LogP) is 3.72. The standard InChI is InChI=1S/C24H24N2O4/c1-16-5-3-4-6-20(16)21(18-9-7-17(8-10-18)13-24(28)29)14-22(25-30)19-11-12-23(27)26(2)15-19/h3-12,15,21,30H,13-14H2,1-2H3,(H,28,29)/b25-22-. The predicted molar refractivity (Wildman–Crippen MR) is 115 cm³/mol. The van der Waals surface area contributed by atoms with E-state index in [9.17, 15) is 14.8 Å². The number of nitrogens with zero attached hydrogens (tertiary/aromatic N) is 2. The van der Waals surface area contributed by atoms with E-state index in [-0.39, 0.29) is 17.9 Å². The number of hydrogen-bond donors (Lipinski definition) is 2. The summed E-state index contributed by atoms with van der Waals surface area (Å²) in [7, 11) is 1.65. The Bertz CT molecular complexity index is 1130. The van der Waals surface area contributed by atoms with Gasteiger partial charge in [0.25, 0.3) is 0 Å². The van der Waals surface area contributed by atoms with E-state index in [1.807, 2.05) is 55.5 Å². The van der Waals surface area contributed by atoms with Crippen LogP contribution in [0.3, 0.4) is 0 Å². The molecular weight excluding hydrogens is 380 g/mol. The summed E-state index contributed by atoms with van der Waals surface area (Å²) in [4.78, 5) is 22.7. The molecule has 0 saturated carbocycles. The van der Waals surface area contributed by atoms with Crippen molar-refractivity contribution in [3.8, 4) is 0 Å². The average Bonchev–Trinajstić information content (AvgIpc) is 2.72. The van der Waals surface area contributed by atoms with Crippen LogP contribution < -0.4 is 5.56 Å². The summed E-state index contributed by atoms with van der Waals surface area (Å²) >= 11 is 0. The van der Waals surface area contributed by atoms with Gasteiger partial charge in [0, 0.05) is 37.2 Å². The highest BCUT2D eigenvalue weighted by molar-refractivity contribution is 6.00. The van der Waals surface area contributed by atoms with Crippen LogP contribution >= 0.6 is 0 Å². The van der Waals surface area contributed by atoms with E-state index < -0.39 is 5.97 Å². The van der Waals surface area contributed by atoms with Gasteiger partial charge in [-0.3, -0.25) is 9.59 Å². The first-order chi connectivity index (χ1) is 14.4. The molecule has 0 amide bonds. The number of hydrogen-bond acceptors (Lipinski definition) is 4. The van der Waals surface area contributed by atoms with Crippen LogP contribution in [0.2, 0.25) is 0 Å². The third-order valence-corrected chi connectivity index (χ3v) is 5.24. The normalized spacial score (nSPS) is 12.5. The monoisotopic (exact) mass is 404 g/mol. The van der Waals surface area contributed by atoms with Crippen LogP contribution in [0.4, 0.5) is 0 Å². The number of oxime groups is 1. The molecule has 0 aliphatic rings. The van der Waals surface area contributed by atoms with E-state index in [4.69, 9.17) is 5.11 Å². The molecule has 6 heteroatoms. The lowest BCUT2D eigenvalue weighted by atomic mass is 9.83. The minimum Gasteiger partial charge on any atom is -0.481 e. The van der Waals surface area contributed by atoms with Crippen molar-refractivity contribution in [2.75, 3.05) is 0 Å². The molecule has 6 nitrogen and oxygen atoms in total. The van der Waals surface area contributed by atoms with Gasteiger partial charge in [-0.2, -0.15) is 0 Å². The molecule has 1 aromatic heterocycles. The highest BCUT2D eigenvalue weighted by atomic mass is 16.4. The number of aliphatic carboxylic acids is 1. The van der Waals surface area contributed by atoms with Gasteiger partial charge >= 0.3 is 5.97 Å². The van der Waals surface area contributed by atoms with E-state index in [0.29, 0.717) is 17.7 Å². The van der Waals surface area contributed by atoms with Crippen LogP contribution in [0.5, 0.6) is 0 Å². The Morgan fingerprint density at radius 3 is 2.37 bits per heavy atom. The summed E-state index contributed by atoms with van der Waals surface area (Å²) in [6.07, 6.45) is 2.04. The van der Waals surface area contributed by atoms with E-state index in [1.54, 1.807) is 19.3 Å². The van der Waals surface area contributed by atoms with Gasteiger partial charge in [0.1, 0.15) is 0 Å². The Morgan fingerprint density at radius 1 is 1.07 bits per heavy atom. The molecule has 0 saturated heterocycles. The first-order valence-electron chi connectivity index (χ1n) is 9.63. The third kappa shape index (κ3) is 4.84. The molecule has 0 radical (unpaired) electrons. The molecule has 1 atom stereocenters. The lowest BCUT2D eigenvalue weighted by molar-refractivity contribution is -0.136. The number of aryl methyl sites for hydroxylation is 2. The molecule has 30 heavy (non-hydrogen) atoms. The Kier molecular flexibility index (Phi) is 6.47. The molecule has 0 spiro atoms. The maximum atomic E-state index is 11.7. The number of pyridine rings is 1. The second kappa shape index (κ2) is 9.22. The van der Waals surface area contributed by atoms with Crippen molar-refractivity contribution in [2.45, 2.75) is 25.7 Å². The van der Waals surface area contributed by atoms with Gasteiger partial charge in [0.15, 0.2) is 0 Å². The van der Waals surface area contributed by atoms with Gasteiger partial charge in [0.2, 0.25) is 5.56 Å². The third-order valence-electron chi connectivity index (χ3n) is 5.24. The molecule has 2 aromatic carbocycles. The molecule has 154 valence electrons. The number of aromatic nitrogens is 1. The minimum atomic E-state index is -0.873. The van der Waals surface area contributed by atoms with Gasteiger partial charge in [-0.25, -0.2) is 0 Å². The average molecular weight is 404 g/mol. The fraction of sp³-hybridized carbons (Fsp3) is 0.208. The molecular formula is C24H24N2O4. The number of benzene rings is 2.